The molecule has 3 aromatic carbocycles. The Labute approximate surface area is 263 Å². The number of ether oxygens (including phenoxy) is 5. The van der Waals surface area contributed by atoms with Gasteiger partial charge in [-0.25, -0.2) is 0 Å². The summed E-state index contributed by atoms with van der Waals surface area (Å²) in [6.45, 7) is 6.46. The lowest BCUT2D eigenvalue weighted by Gasteiger charge is -2.29. The molecule has 10 heteroatoms. The average molecular weight is 617 g/mol. The summed E-state index contributed by atoms with van der Waals surface area (Å²) in [5.41, 5.74) is 3.13. The molecule has 0 radical (unpaired) electrons. The summed E-state index contributed by atoms with van der Waals surface area (Å²) < 4.78 is 28.0. The molecule has 1 atom stereocenters. The van der Waals surface area contributed by atoms with Crippen LogP contribution in [0.25, 0.3) is 5.76 Å². The fourth-order valence-corrected chi connectivity index (χ4v) is 5.84. The van der Waals surface area contributed by atoms with Crippen LogP contribution in [-0.4, -0.2) is 87.3 Å². The summed E-state index contributed by atoms with van der Waals surface area (Å²) in [5, 5.41) is 11.6. The molecule has 2 saturated heterocycles. The maximum absolute atomic E-state index is 13.6. The Hall–Kier alpha value is -4.54. The topological polar surface area (TPSA) is 107 Å². The van der Waals surface area contributed by atoms with E-state index in [-0.39, 0.29) is 11.3 Å². The van der Waals surface area contributed by atoms with E-state index < -0.39 is 17.7 Å². The lowest BCUT2D eigenvalue weighted by atomic mass is 9.94. The average Bonchev–Trinajstić information content (AvgIpc) is 3.32. The molecule has 2 fully saturated rings. The van der Waals surface area contributed by atoms with E-state index in [1.54, 1.807) is 36.4 Å². The van der Waals surface area contributed by atoms with Crippen LogP contribution in [0.3, 0.4) is 0 Å². The van der Waals surface area contributed by atoms with Crippen LogP contribution in [0.5, 0.6) is 23.0 Å². The predicted molar refractivity (Wildman–Crippen MR) is 169 cm³/mol. The predicted octanol–water partition coefficient (Wildman–Crippen LogP) is 4.74. The fourth-order valence-electron chi connectivity index (χ4n) is 5.84. The number of morpholine rings is 1. The molecule has 0 aliphatic carbocycles. The molecule has 1 unspecified atom stereocenters. The molecule has 2 aliphatic heterocycles. The van der Waals surface area contributed by atoms with Crippen LogP contribution in [0.4, 0.5) is 0 Å². The fraction of sp³-hybridized carbons (Fsp3) is 0.371. The summed E-state index contributed by atoms with van der Waals surface area (Å²) in [6, 6.07) is 17.4. The summed E-state index contributed by atoms with van der Waals surface area (Å²) in [6.07, 6.45) is 0.640. The number of amides is 1. The van der Waals surface area contributed by atoms with E-state index in [1.165, 1.54) is 26.2 Å². The van der Waals surface area contributed by atoms with Gasteiger partial charge in [0.1, 0.15) is 18.1 Å². The van der Waals surface area contributed by atoms with Crippen LogP contribution in [0.1, 0.15) is 34.7 Å². The van der Waals surface area contributed by atoms with Crippen molar-refractivity contribution in [3.05, 3.63) is 88.5 Å². The second-order valence-electron chi connectivity index (χ2n) is 11.1. The summed E-state index contributed by atoms with van der Waals surface area (Å²) in [4.78, 5) is 31.0. The number of methoxy groups -OCH3 is 3. The zero-order valence-corrected chi connectivity index (χ0v) is 26.2. The molecule has 0 aromatic heterocycles. The second-order valence-corrected chi connectivity index (χ2v) is 11.1. The van der Waals surface area contributed by atoms with E-state index in [0.29, 0.717) is 66.9 Å². The van der Waals surface area contributed by atoms with Crippen molar-refractivity contribution in [2.75, 3.05) is 60.7 Å². The van der Waals surface area contributed by atoms with E-state index in [2.05, 4.69) is 11.0 Å². The molecule has 1 N–H and O–H groups in total. The number of carbonyl (C=O) groups excluding carboxylic acids is 2. The van der Waals surface area contributed by atoms with Crippen LogP contribution >= 0.6 is 0 Å². The number of aliphatic hydroxyl groups is 1. The maximum atomic E-state index is 13.6. The first-order chi connectivity index (χ1) is 21.8. The zero-order chi connectivity index (χ0) is 31.9. The van der Waals surface area contributed by atoms with Gasteiger partial charge in [0, 0.05) is 31.7 Å². The van der Waals surface area contributed by atoms with Crippen molar-refractivity contribution in [1.29, 1.82) is 0 Å². The number of Topliss-reactive ketones (excluding diaryl/α,β-unsaturated/α-hetero) is 1. The van der Waals surface area contributed by atoms with Gasteiger partial charge in [-0.05, 0) is 60.9 Å². The lowest BCUT2D eigenvalue weighted by Crippen LogP contribution is -2.39. The van der Waals surface area contributed by atoms with Crippen molar-refractivity contribution < 1.29 is 38.4 Å². The number of hydrogen-bond acceptors (Lipinski definition) is 9. The van der Waals surface area contributed by atoms with Crippen LogP contribution in [-0.2, 0) is 20.9 Å². The van der Waals surface area contributed by atoms with E-state index >= 15 is 0 Å². The quantitative estimate of drug-likeness (QED) is 0.175. The zero-order valence-electron chi connectivity index (χ0n) is 26.2. The van der Waals surface area contributed by atoms with Crippen molar-refractivity contribution in [1.82, 2.24) is 9.80 Å². The molecule has 1 amide bonds. The minimum atomic E-state index is -0.874. The van der Waals surface area contributed by atoms with Crippen LogP contribution in [0, 0.1) is 6.92 Å². The highest BCUT2D eigenvalue weighted by Gasteiger charge is 2.46. The third-order valence-corrected chi connectivity index (χ3v) is 8.14. The number of aliphatic hydroxyl groups excluding tert-OH is 1. The van der Waals surface area contributed by atoms with Crippen molar-refractivity contribution in [3.63, 3.8) is 0 Å². The third-order valence-electron chi connectivity index (χ3n) is 8.14. The van der Waals surface area contributed by atoms with Gasteiger partial charge in [-0.2, -0.15) is 0 Å². The van der Waals surface area contributed by atoms with E-state index in [4.69, 9.17) is 23.7 Å². The van der Waals surface area contributed by atoms with Crippen LogP contribution < -0.4 is 18.9 Å². The highest BCUT2D eigenvalue weighted by Crippen LogP contribution is 2.45. The monoisotopic (exact) mass is 616 g/mol. The van der Waals surface area contributed by atoms with Gasteiger partial charge in [0.25, 0.3) is 11.7 Å². The number of ketones is 1. The van der Waals surface area contributed by atoms with Gasteiger partial charge >= 0.3 is 0 Å². The van der Waals surface area contributed by atoms with E-state index in [0.717, 1.165) is 30.8 Å². The van der Waals surface area contributed by atoms with Crippen LogP contribution in [0.2, 0.25) is 0 Å². The highest BCUT2D eigenvalue weighted by molar-refractivity contribution is 6.46. The van der Waals surface area contributed by atoms with Gasteiger partial charge in [0.15, 0.2) is 11.5 Å². The highest BCUT2D eigenvalue weighted by atomic mass is 16.5. The van der Waals surface area contributed by atoms with Crippen molar-refractivity contribution in [2.45, 2.75) is 26.0 Å². The number of nitrogens with zero attached hydrogens (tertiary/aromatic N) is 2. The Morgan fingerprint density at radius 2 is 1.60 bits per heavy atom. The van der Waals surface area contributed by atoms with Crippen molar-refractivity contribution >= 4 is 17.4 Å². The normalized spacial score (nSPS) is 18.2. The molecular formula is C35H40N2O8. The van der Waals surface area contributed by atoms with Gasteiger partial charge < -0.3 is 33.7 Å². The molecule has 0 saturated carbocycles. The Morgan fingerprint density at radius 1 is 0.911 bits per heavy atom. The Balaban J connectivity index is 1.47. The molecule has 45 heavy (non-hydrogen) atoms. The Bertz CT molecular complexity index is 1520. The Morgan fingerprint density at radius 3 is 2.22 bits per heavy atom. The number of carbonyl (C=O) groups is 2. The largest absolute Gasteiger partial charge is 0.507 e. The second kappa shape index (κ2) is 14.5. The molecule has 5 rings (SSSR count). The molecular weight excluding hydrogens is 576 g/mol. The number of benzene rings is 3. The summed E-state index contributed by atoms with van der Waals surface area (Å²) >= 11 is 0. The van der Waals surface area contributed by atoms with E-state index in [9.17, 15) is 14.7 Å². The number of likely N-dealkylation sites (tertiary alicyclic amines) is 1. The van der Waals surface area contributed by atoms with E-state index in [1.807, 2.05) is 25.1 Å². The molecule has 3 aromatic rings. The SMILES string of the molecule is COc1cc(C2C(=C(O)c3ccc(OCc4cccc(C)c4)cc3)C(=O)C(=O)N2CCCN2CCOCC2)cc(OC)c1OC. The molecule has 0 spiro atoms. The molecule has 10 nitrogen and oxygen atoms in total. The summed E-state index contributed by atoms with van der Waals surface area (Å²) in [7, 11) is 4.51. The van der Waals surface area contributed by atoms with Crippen molar-refractivity contribution in [3.8, 4) is 23.0 Å². The minimum Gasteiger partial charge on any atom is -0.507 e. The smallest absolute Gasteiger partial charge is 0.295 e. The first-order valence-electron chi connectivity index (χ1n) is 15.0. The maximum Gasteiger partial charge on any atom is 0.295 e. The van der Waals surface area contributed by atoms with Gasteiger partial charge in [-0.3, -0.25) is 14.5 Å². The number of hydrogen-bond donors (Lipinski definition) is 1. The molecule has 2 aliphatic rings. The van der Waals surface area contributed by atoms with Gasteiger partial charge in [-0.15, -0.1) is 0 Å². The molecule has 2 heterocycles. The van der Waals surface area contributed by atoms with Crippen molar-refractivity contribution in [2.24, 2.45) is 0 Å². The minimum absolute atomic E-state index is 0.00549. The standard InChI is InChI=1S/C35H40N2O8/c1-23-7-5-8-24(19-23)22-45-27-11-9-25(10-12-27)32(38)30-31(26-20-28(41-2)34(43-4)29(21-26)42-3)37(35(40)33(30)39)14-6-13-36-15-17-44-18-16-36/h5,7-12,19-21,31,38H,6,13-18,22H2,1-4H3. The molecule has 0 bridgehead atoms. The Kier molecular flexibility index (Phi) is 10.3. The molecule has 238 valence electrons. The first-order valence-corrected chi connectivity index (χ1v) is 15.0. The lowest BCUT2D eigenvalue weighted by molar-refractivity contribution is -0.140. The summed E-state index contributed by atoms with van der Waals surface area (Å²) in [5.74, 6) is 0.0506. The van der Waals surface area contributed by atoms with Gasteiger partial charge in [-0.1, -0.05) is 29.8 Å². The van der Waals surface area contributed by atoms with Crippen LogP contribution in [0.15, 0.2) is 66.2 Å². The third kappa shape index (κ3) is 7.08. The number of rotatable bonds is 12. The van der Waals surface area contributed by atoms with Gasteiger partial charge in [0.05, 0.1) is 46.2 Å². The van der Waals surface area contributed by atoms with Gasteiger partial charge in [0.2, 0.25) is 5.75 Å². The first kappa shape index (κ1) is 31.9. The number of aryl methyl sites for hydroxylation is 1.